The molecule has 0 bridgehead atoms. The summed E-state index contributed by atoms with van der Waals surface area (Å²) in [6.07, 6.45) is 1.39. The Balaban J connectivity index is 4.93. The Bertz CT molecular complexity index is 512. The van der Waals surface area contributed by atoms with E-state index in [-0.39, 0.29) is 25.2 Å². The summed E-state index contributed by atoms with van der Waals surface area (Å²) in [5.41, 5.74) is 11.1. The summed E-state index contributed by atoms with van der Waals surface area (Å²) in [7, 11) is 0. The molecule has 0 aliphatic heterocycles. The molecule has 0 aromatic rings. The van der Waals surface area contributed by atoms with Gasteiger partial charge < -0.3 is 32.3 Å². The number of amides is 2. The maximum atomic E-state index is 12.5. The molecule has 0 aromatic carbocycles. The molecule has 0 rings (SSSR count). The summed E-state index contributed by atoms with van der Waals surface area (Å²) in [5.74, 6) is -3.43. The molecule has 0 radical (unpaired) electrons. The molecule has 0 fully saturated rings. The SMILES string of the molecule is CC(C)C[C@H](NC(=O)[C@@H](N)CCC(=O)O)C(=O)N[C@@H](CCCCN)C(=O)O. The van der Waals surface area contributed by atoms with Gasteiger partial charge >= 0.3 is 11.9 Å². The van der Waals surface area contributed by atoms with Gasteiger partial charge in [-0.15, -0.1) is 0 Å². The summed E-state index contributed by atoms with van der Waals surface area (Å²) >= 11 is 0. The van der Waals surface area contributed by atoms with Gasteiger partial charge in [-0.05, 0) is 44.6 Å². The van der Waals surface area contributed by atoms with E-state index in [2.05, 4.69) is 10.6 Å². The molecule has 0 aromatic heterocycles. The quantitative estimate of drug-likeness (QED) is 0.213. The standard InChI is InChI=1S/C17H32N4O6/c1-10(2)9-13(21-15(24)11(19)6-7-14(22)23)16(25)20-12(17(26)27)5-3-4-8-18/h10-13H,3-9,18-19H2,1-2H3,(H,20,25)(H,21,24)(H,22,23)(H,26,27)/t11-,12-,13-/m0/s1. The Labute approximate surface area is 159 Å². The van der Waals surface area contributed by atoms with E-state index in [0.717, 1.165) is 0 Å². The lowest BCUT2D eigenvalue weighted by Crippen LogP contribution is -2.54. The zero-order valence-corrected chi connectivity index (χ0v) is 15.9. The highest BCUT2D eigenvalue weighted by Crippen LogP contribution is 2.08. The van der Waals surface area contributed by atoms with Crippen molar-refractivity contribution < 1.29 is 29.4 Å². The Hall–Kier alpha value is -2.20. The molecule has 8 N–H and O–H groups in total. The summed E-state index contributed by atoms with van der Waals surface area (Å²) in [5, 5.41) is 22.9. The van der Waals surface area contributed by atoms with Gasteiger partial charge in [-0.1, -0.05) is 13.8 Å². The topological polar surface area (TPSA) is 185 Å². The van der Waals surface area contributed by atoms with Crippen LogP contribution in [0.2, 0.25) is 0 Å². The van der Waals surface area contributed by atoms with Crippen LogP contribution >= 0.6 is 0 Å². The Morgan fingerprint density at radius 2 is 1.52 bits per heavy atom. The lowest BCUT2D eigenvalue weighted by atomic mass is 10.0. The van der Waals surface area contributed by atoms with Crippen LogP contribution in [0, 0.1) is 5.92 Å². The molecule has 0 aliphatic carbocycles. The maximum absolute atomic E-state index is 12.5. The molecule has 10 heteroatoms. The van der Waals surface area contributed by atoms with Crippen molar-refractivity contribution in [1.29, 1.82) is 0 Å². The minimum Gasteiger partial charge on any atom is -0.481 e. The van der Waals surface area contributed by atoms with Gasteiger partial charge in [0.2, 0.25) is 11.8 Å². The summed E-state index contributed by atoms with van der Waals surface area (Å²) < 4.78 is 0. The third kappa shape index (κ3) is 11.2. The predicted octanol–water partition coefficient (Wildman–Crippen LogP) is -0.592. The predicted molar refractivity (Wildman–Crippen MR) is 98.7 cm³/mol. The average molecular weight is 388 g/mol. The first kappa shape index (κ1) is 24.8. The van der Waals surface area contributed by atoms with Gasteiger partial charge in [-0.3, -0.25) is 14.4 Å². The first-order valence-corrected chi connectivity index (χ1v) is 9.09. The van der Waals surface area contributed by atoms with E-state index in [1.165, 1.54) is 0 Å². The van der Waals surface area contributed by atoms with Crippen LogP contribution in [0.25, 0.3) is 0 Å². The molecule has 0 saturated carbocycles. The molecular formula is C17H32N4O6. The van der Waals surface area contributed by atoms with E-state index in [4.69, 9.17) is 16.6 Å². The van der Waals surface area contributed by atoms with E-state index in [0.29, 0.717) is 25.8 Å². The van der Waals surface area contributed by atoms with Gasteiger partial charge in [-0.2, -0.15) is 0 Å². The van der Waals surface area contributed by atoms with Crippen molar-refractivity contribution in [2.45, 2.75) is 70.5 Å². The van der Waals surface area contributed by atoms with Crippen LogP contribution in [-0.2, 0) is 19.2 Å². The molecule has 27 heavy (non-hydrogen) atoms. The number of nitrogens with one attached hydrogen (secondary N) is 2. The molecule has 0 aliphatic rings. The van der Waals surface area contributed by atoms with Crippen LogP contribution in [-0.4, -0.2) is 58.6 Å². The number of hydrogen-bond acceptors (Lipinski definition) is 6. The van der Waals surface area contributed by atoms with Crippen LogP contribution < -0.4 is 22.1 Å². The van der Waals surface area contributed by atoms with E-state index < -0.39 is 41.9 Å². The monoisotopic (exact) mass is 388 g/mol. The normalized spacial score (nSPS) is 14.3. The number of hydrogen-bond donors (Lipinski definition) is 6. The summed E-state index contributed by atoms with van der Waals surface area (Å²) in [4.78, 5) is 46.6. The molecule has 3 atom stereocenters. The highest BCUT2D eigenvalue weighted by atomic mass is 16.4. The van der Waals surface area contributed by atoms with Crippen molar-refractivity contribution >= 4 is 23.8 Å². The summed E-state index contributed by atoms with van der Waals surface area (Å²) in [6.45, 7) is 4.14. The zero-order chi connectivity index (χ0) is 21.0. The number of carboxylic acids is 2. The van der Waals surface area contributed by atoms with Crippen LogP contribution in [0.1, 0.15) is 52.4 Å². The van der Waals surface area contributed by atoms with Crippen LogP contribution in [0.5, 0.6) is 0 Å². The second-order valence-electron chi connectivity index (χ2n) is 6.91. The zero-order valence-electron chi connectivity index (χ0n) is 15.9. The smallest absolute Gasteiger partial charge is 0.326 e. The van der Waals surface area contributed by atoms with Crippen molar-refractivity contribution in [2.24, 2.45) is 17.4 Å². The average Bonchev–Trinajstić information content (AvgIpc) is 2.57. The van der Waals surface area contributed by atoms with Gasteiger partial charge in [0.1, 0.15) is 12.1 Å². The number of rotatable bonds is 14. The Morgan fingerprint density at radius 1 is 0.926 bits per heavy atom. The van der Waals surface area contributed by atoms with Crippen molar-refractivity contribution in [3.63, 3.8) is 0 Å². The fourth-order valence-electron chi connectivity index (χ4n) is 2.41. The van der Waals surface area contributed by atoms with Gasteiger partial charge in [0, 0.05) is 6.42 Å². The van der Waals surface area contributed by atoms with Crippen molar-refractivity contribution in [3.05, 3.63) is 0 Å². The Kier molecular flexibility index (Phi) is 12.0. The number of aliphatic carboxylic acids is 2. The third-order valence-corrected chi connectivity index (χ3v) is 3.91. The molecule has 0 spiro atoms. The minimum absolute atomic E-state index is 0.0526. The van der Waals surface area contributed by atoms with Crippen LogP contribution in [0.15, 0.2) is 0 Å². The number of carboxylic acid groups (broad SMARTS) is 2. The second kappa shape index (κ2) is 13.0. The lowest BCUT2D eigenvalue weighted by Gasteiger charge is -2.24. The summed E-state index contributed by atoms with van der Waals surface area (Å²) in [6, 6.07) is -3.09. The van der Waals surface area contributed by atoms with Crippen molar-refractivity contribution in [2.75, 3.05) is 6.54 Å². The fraction of sp³-hybridized carbons (Fsp3) is 0.765. The first-order valence-electron chi connectivity index (χ1n) is 9.09. The van der Waals surface area contributed by atoms with E-state index in [1.54, 1.807) is 0 Å². The number of unbranched alkanes of at least 4 members (excludes halogenated alkanes) is 1. The minimum atomic E-state index is -1.16. The molecule has 0 saturated heterocycles. The Morgan fingerprint density at radius 3 is 2.00 bits per heavy atom. The number of nitrogens with two attached hydrogens (primary N) is 2. The van der Waals surface area contributed by atoms with Gasteiger partial charge in [0.05, 0.1) is 6.04 Å². The van der Waals surface area contributed by atoms with Gasteiger partial charge in [0.15, 0.2) is 0 Å². The van der Waals surface area contributed by atoms with Gasteiger partial charge in [-0.25, -0.2) is 4.79 Å². The maximum Gasteiger partial charge on any atom is 0.326 e. The highest BCUT2D eigenvalue weighted by Gasteiger charge is 2.28. The fourth-order valence-corrected chi connectivity index (χ4v) is 2.41. The van der Waals surface area contributed by atoms with Gasteiger partial charge in [0.25, 0.3) is 0 Å². The molecule has 10 nitrogen and oxygen atoms in total. The van der Waals surface area contributed by atoms with Crippen LogP contribution in [0.3, 0.4) is 0 Å². The number of carbonyl (C=O) groups is 4. The number of carbonyl (C=O) groups excluding carboxylic acids is 2. The third-order valence-electron chi connectivity index (χ3n) is 3.91. The van der Waals surface area contributed by atoms with Crippen LogP contribution in [0.4, 0.5) is 0 Å². The molecule has 0 heterocycles. The van der Waals surface area contributed by atoms with E-state index in [1.807, 2.05) is 13.8 Å². The molecule has 2 amide bonds. The van der Waals surface area contributed by atoms with Crippen molar-refractivity contribution in [1.82, 2.24) is 10.6 Å². The first-order chi connectivity index (χ1) is 12.6. The lowest BCUT2D eigenvalue weighted by molar-refractivity contribution is -0.142. The molecule has 156 valence electrons. The second-order valence-corrected chi connectivity index (χ2v) is 6.91. The van der Waals surface area contributed by atoms with Crippen molar-refractivity contribution in [3.8, 4) is 0 Å². The van der Waals surface area contributed by atoms with E-state index in [9.17, 15) is 24.3 Å². The molecular weight excluding hydrogens is 356 g/mol. The highest BCUT2D eigenvalue weighted by molar-refractivity contribution is 5.91. The van der Waals surface area contributed by atoms with E-state index >= 15 is 0 Å². The largest absolute Gasteiger partial charge is 0.481 e. The molecule has 0 unspecified atom stereocenters.